The first kappa shape index (κ1) is 22.5. The van der Waals surface area contributed by atoms with Gasteiger partial charge in [0.25, 0.3) is 0 Å². The van der Waals surface area contributed by atoms with Gasteiger partial charge in [0.05, 0.1) is 6.61 Å². The molecular weight excluding hydrogens is 396 g/mol. The highest BCUT2D eigenvalue weighted by molar-refractivity contribution is 7.99. The molecule has 5 atom stereocenters. The summed E-state index contributed by atoms with van der Waals surface area (Å²) in [6.45, 7) is 10.6. The summed E-state index contributed by atoms with van der Waals surface area (Å²) in [7, 11) is 0. The third-order valence-electron chi connectivity index (χ3n) is 4.96. The third kappa shape index (κ3) is 5.13. The summed E-state index contributed by atoms with van der Waals surface area (Å²) < 4.78 is 29.6. The number of aliphatic hydroxyl groups is 1. The van der Waals surface area contributed by atoms with Crippen molar-refractivity contribution in [2.75, 3.05) is 6.61 Å². The van der Waals surface area contributed by atoms with Gasteiger partial charge in [-0.15, -0.1) is 0 Å². The quantitative estimate of drug-likeness (QED) is 0.437. The van der Waals surface area contributed by atoms with E-state index in [2.05, 4.69) is 0 Å². The van der Waals surface area contributed by atoms with Crippen molar-refractivity contribution in [3.8, 4) is 0 Å². The van der Waals surface area contributed by atoms with Crippen LogP contribution in [0.1, 0.15) is 41.5 Å². The molecule has 0 amide bonds. The Labute approximate surface area is 176 Å². The Kier molecular flexibility index (Phi) is 6.34. The van der Waals surface area contributed by atoms with Gasteiger partial charge in [0, 0.05) is 11.8 Å². The van der Waals surface area contributed by atoms with E-state index >= 15 is 0 Å². The van der Waals surface area contributed by atoms with Gasteiger partial charge in [0.15, 0.2) is 17.0 Å². The fraction of sp³-hybridized carbons (Fsp3) is 0.667. The summed E-state index contributed by atoms with van der Waals surface area (Å²) in [5.41, 5.74) is -1.90. The van der Waals surface area contributed by atoms with E-state index in [4.69, 9.17) is 23.7 Å². The average Bonchev–Trinajstić information content (AvgIpc) is 2.60. The Morgan fingerprint density at radius 3 is 2.41 bits per heavy atom. The fourth-order valence-corrected chi connectivity index (χ4v) is 4.81. The molecule has 3 rings (SSSR count). The lowest BCUT2D eigenvalue weighted by molar-refractivity contribution is -0.445. The Morgan fingerprint density at radius 2 is 1.79 bits per heavy atom. The van der Waals surface area contributed by atoms with E-state index in [0.717, 1.165) is 4.90 Å². The molecule has 7 nitrogen and oxygen atoms in total. The molecule has 0 saturated carbocycles. The Hall–Kier alpha value is -1.16. The van der Waals surface area contributed by atoms with Crippen LogP contribution < -0.4 is 0 Å². The summed E-state index contributed by atoms with van der Waals surface area (Å²) in [4.78, 5) is 12.6. The van der Waals surface area contributed by atoms with E-state index in [0.29, 0.717) is 6.61 Å². The second-order valence-corrected chi connectivity index (χ2v) is 9.61. The van der Waals surface area contributed by atoms with Gasteiger partial charge in [-0.1, -0.05) is 30.0 Å². The van der Waals surface area contributed by atoms with Crippen LogP contribution in [0.5, 0.6) is 0 Å². The van der Waals surface area contributed by atoms with Gasteiger partial charge >= 0.3 is 5.97 Å². The first-order valence-corrected chi connectivity index (χ1v) is 10.6. The monoisotopic (exact) mass is 426 g/mol. The number of hydrogen-bond acceptors (Lipinski definition) is 8. The molecule has 1 N–H and O–H groups in total. The molecule has 2 aliphatic rings. The molecule has 0 spiro atoms. The van der Waals surface area contributed by atoms with Crippen LogP contribution in [0.4, 0.5) is 0 Å². The predicted molar refractivity (Wildman–Crippen MR) is 107 cm³/mol. The number of hydrogen-bond donors (Lipinski definition) is 1. The first-order valence-electron chi connectivity index (χ1n) is 9.69. The van der Waals surface area contributed by atoms with Crippen molar-refractivity contribution in [2.45, 2.75) is 87.4 Å². The molecule has 2 aliphatic heterocycles. The number of esters is 1. The van der Waals surface area contributed by atoms with E-state index in [1.54, 1.807) is 27.7 Å². The van der Waals surface area contributed by atoms with Gasteiger partial charge in [-0.3, -0.25) is 4.79 Å². The molecule has 0 radical (unpaired) electrons. The molecule has 8 heteroatoms. The standard InChI is InChI=1S/C21H30O7S/c1-13(22)25-18(29-14-10-8-7-9-11-14)16(23)17-21(6)15(26-20(4,5)27-17)12-24-19(2,3)28-21/h7-11,15-18,23H,12H2,1-6H3/t15-,16+,17+,18?,21+/m1/s1. The first-order chi connectivity index (χ1) is 13.4. The molecule has 1 aromatic carbocycles. The molecule has 0 aromatic heterocycles. The zero-order chi connectivity index (χ0) is 21.4. The number of aliphatic hydroxyl groups excluding tert-OH is 1. The smallest absolute Gasteiger partial charge is 0.303 e. The maximum absolute atomic E-state index is 11.8. The van der Waals surface area contributed by atoms with Crippen molar-refractivity contribution in [3.63, 3.8) is 0 Å². The SMILES string of the molecule is CC(=O)OC(Sc1ccccc1)[C@@H](O)[C@@H]1OC(C)(C)O[C@@H]2COC(C)(C)O[C@@]21C. The maximum atomic E-state index is 11.8. The Morgan fingerprint density at radius 1 is 1.14 bits per heavy atom. The van der Waals surface area contributed by atoms with E-state index in [1.807, 2.05) is 37.3 Å². The van der Waals surface area contributed by atoms with E-state index in [1.165, 1.54) is 18.7 Å². The largest absolute Gasteiger partial charge is 0.448 e. The summed E-state index contributed by atoms with van der Waals surface area (Å²) in [6, 6.07) is 9.45. The van der Waals surface area contributed by atoms with Crippen LogP contribution in [0.2, 0.25) is 0 Å². The molecule has 0 aliphatic carbocycles. The van der Waals surface area contributed by atoms with Crippen LogP contribution in [-0.2, 0) is 28.5 Å². The number of carbonyl (C=O) groups is 1. The molecule has 1 aromatic rings. The van der Waals surface area contributed by atoms with Gasteiger partial charge < -0.3 is 28.8 Å². The third-order valence-corrected chi connectivity index (χ3v) is 6.11. The second kappa shape index (κ2) is 8.17. The molecule has 29 heavy (non-hydrogen) atoms. The number of carbonyl (C=O) groups excluding carboxylic acids is 1. The molecule has 2 heterocycles. The van der Waals surface area contributed by atoms with E-state index in [-0.39, 0.29) is 0 Å². The Bertz CT molecular complexity index is 723. The highest BCUT2D eigenvalue weighted by Crippen LogP contribution is 2.45. The molecule has 1 unspecified atom stereocenters. The summed E-state index contributed by atoms with van der Waals surface area (Å²) in [6.07, 6.45) is -2.45. The fourth-order valence-electron chi connectivity index (χ4n) is 3.76. The van der Waals surface area contributed by atoms with Gasteiger partial charge in [0.2, 0.25) is 0 Å². The van der Waals surface area contributed by atoms with Crippen LogP contribution in [0.3, 0.4) is 0 Å². The number of benzene rings is 1. The lowest BCUT2D eigenvalue weighted by Crippen LogP contribution is -2.72. The normalized spacial score (nSPS) is 32.7. The summed E-state index contributed by atoms with van der Waals surface area (Å²) in [5.74, 6) is -2.33. The highest BCUT2D eigenvalue weighted by atomic mass is 32.2. The van der Waals surface area contributed by atoms with Crippen LogP contribution in [-0.4, -0.2) is 58.6 Å². The summed E-state index contributed by atoms with van der Waals surface area (Å²) >= 11 is 1.26. The molecule has 2 fully saturated rings. The van der Waals surface area contributed by atoms with Crippen molar-refractivity contribution in [2.24, 2.45) is 0 Å². The highest BCUT2D eigenvalue weighted by Gasteiger charge is 2.60. The van der Waals surface area contributed by atoms with E-state index in [9.17, 15) is 9.90 Å². The van der Waals surface area contributed by atoms with Crippen molar-refractivity contribution in [1.29, 1.82) is 0 Å². The van der Waals surface area contributed by atoms with Gasteiger partial charge in [-0.25, -0.2) is 0 Å². The number of thioether (sulfide) groups is 1. The number of ether oxygens (including phenoxy) is 5. The van der Waals surface area contributed by atoms with Crippen molar-refractivity contribution in [1.82, 2.24) is 0 Å². The lowest BCUT2D eigenvalue weighted by Gasteiger charge is -2.57. The van der Waals surface area contributed by atoms with Crippen molar-refractivity contribution < 1.29 is 33.6 Å². The molecular formula is C21H30O7S. The molecule has 0 bridgehead atoms. The zero-order valence-electron chi connectivity index (χ0n) is 17.7. The minimum Gasteiger partial charge on any atom is -0.448 e. The second-order valence-electron chi connectivity index (χ2n) is 8.44. The summed E-state index contributed by atoms with van der Waals surface area (Å²) in [5, 5.41) is 11.4. The van der Waals surface area contributed by atoms with Gasteiger partial charge in [-0.2, -0.15) is 0 Å². The van der Waals surface area contributed by atoms with Crippen LogP contribution in [0, 0.1) is 0 Å². The average molecular weight is 427 g/mol. The van der Waals surface area contributed by atoms with Crippen LogP contribution >= 0.6 is 11.8 Å². The zero-order valence-corrected chi connectivity index (χ0v) is 18.5. The molecule has 162 valence electrons. The topological polar surface area (TPSA) is 83.5 Å². The lowest BCUT2D eigenvalue weighted by atomic mass is 9.85. The maximum Gasteiger partial charge on any atom is 0.303 e. The van der Waals surface area contributed by atoms with Crippen LogP contribution in [0.15, 0.2) is 35.2 Å². The van der Waals surface area contributed by atoms with Gasteiger partial charge in [-0.05, 0) is 46.8 Å². The number of rotatable bonds is 5. The minimum atomic E-state index is -1.17. The van der Waals surface area contributed by atoms with Crippen molar-refractivity contribution >= 4 is 17.7 Å². The van der Waals surface area contributed by atoms with Crippen LogP contribution in [0.25, 0.3) is 0 Å². The predicted octanol–water partition coefficient (Wildman–Crippen LogP) is 3.09. The van der Waals surface area contributed by atoms with Crippen molar-refractivity contribution in [3.05, 3.63) is 30.3 Å². The van der Waals surface area contributed by atoms with Gasteiger partial charge in [0.1, 0.15) is 23.9 Å². The molecule has 2 saturated heterocycles. The number of fused-ring (bicyclic) bond motifs is 1. The van der Waals surface area contributed by atoms with E-state index < -0.39 is 46.9 Å². The minimum absolute atomic E-state index is 0.295. The Balaban J connectivity index is 1.92.